The number of thiophene rings is 1. The van der Waals surface area contributed by atoms with Crippen molar-refractivity contribution in [2.24, 2.45) is 0 Å². The molecule has 0 radical (unpaired) electrons. The molecule has 0 bridgehead atoms. The summed E-state index contributed by atoms with van der Waals surface area (Å²) in [6, 6.07) is 6.61. The summed E-state index contributed by atoms with van der Waals surface area (Å²) >= 11 is 1.16. The van der Waals surface area contributed by atoms with Gasteiger partial charge in [-0.05, 0) is 41.6 Å². The Hall–Kier alpha value is -2.19. The summed E-state index contributed by atoms with van der Waals surface area (Å²) in [5, 5.41) is 4.60. The van der Waals surface area contributed by atoms with Gasteiger partial charge in [-0.25, -0.2) is 8.42 Å². The standard InChI is InChI=1S/C16H16N2O4S2/c1-18-12-5-3-11(9-10(12)4-6-14(18)19)15(20)17-16-13(7-8-23-16)24(2,21)22/h3,5,7-9H,4,6H2,1-2H3,(H,17,20). The maximum atomic E-state index is 12.4. The number of carbonyl (C=O) groups is 2. The van der Waals surface area contributed by atoms with Crippen molar-refractivity contribution in [3.63, 3.8) is 0 Å². The summed E-state index contributed by atoms with van der Waals surface area (Å²) in [5.41, 5.74) is 2.17. The molecule has 1 aromatic carbocycles. The Labute approximate surface area is 144 Å². The van der Waals surface area contributed by atoms with E-state index in [0.717, 1.165) is 28.8 Å². The highest BCUT2D eigenvalue weighted by Crippen LogP contribution is 2.30. The van der Waals surface area contributed by atoms with Gasteiger partial charge in [0.2, 0.25) is 5.91 Å². The average Bonchev–Trinajstić information content (AvgIpc) is 2.99. The highest BCUT2D eigenvalue weighted by atomic mass is 32.2. The Bertz CT molecular complexity index is 931. The molecule has 1 aliphatic rings. The van der Waals surface area contributed by atoms with Crippen LogP contribution >= 0.6 is 11.3 Å². The maximum Gasteiger partial charge on any atom is 0.256 e. The molecule has 24 heavy (non-hydrogen) atoms. The van der Waals surface area contributed by atoms with Crippen molar-refractivity contribution in [1.82, 2.24) is 0 Å². The zero-order chi connectivity index (χ0) is 17.5. The lowest BCUT2D eigenvalue weighted by Gasteiger charge is -2.26. The molecule has 1 N–H and O–H groups in total. The molecule has 126 valence electrons. The van der Waals surface area contributed by atoms with E-state index < -0.39 is 9.84 Å². The van der Waals surface area contributed by atoms with Crippen molar-refractivity contribution in [3.05, 3.63) is 40.8 Å². The molecule has 0 fully saturated rings. The van der Waals surface area contributed by atoms with Crippen molar-refractivity contribution < 1.29 is 18.0 Å². The van der Waals surface area contributed by atoms with Crippen molar-refractivity contribution in [3.8, 4) is 0 Å². The van der Waals surface area contributed by atoms with E-state index in [0.29, 0.717) is 23.4 Å². The minimum Gasteiger partial charge on any atom is -0.315 e. The van der Waals surface area contributed by atoms with Gasteiger partial charge in [0.15, 0.2) is 9.84 Å². The fraction of sp³-hybridized carbons (Fsp3) is 0.250. The Morgan fingerprint density at radius 3 is 2.71 bits per heavy atom. The number of amides is 2. The molecule has 0 saturated heterocycles. The SMILES string of the molecule is CN1C(=O)CCc2cc(C(=O)Nc3sccc3S(C)(=O)=O)ccc21. The van der Waals surface area contributed by atoms with Crippen LogP contribution in [0.15, 0.2) is 34.5 Å². The molecule has 8 heteroatoms. The Balaban J connectivity index is 1.87. The van der Waals surface area contributed by atoms with Gasteiger partial charge in [0.1, 0.15) is 9.90 Å². The van der Waals surface area contributed by atoms with E-state index >= 15 is 0 Å². The molecule has 0 atom stereocenters. The third-order valence-electron chi connectivity index (χ3n) is 3.94. The normalized spacial score (nSPS) is 14.4. The first-order chi connectivity index (χ1) is 11.3. The Morgan fingerprint density at radius 2 is 2.00 bits per heavy atom. The largest absolute Gasteiger partial charge is 0.315 e. The minimum absolute atomic E-state index is 0.0519. The lowest BCUT2D eigenvalue weighted by molar-refractivity contribution is -0.118. The second kappa shape index (κ2) is 6.03. The lowest BCUT2D eigenvalue weighted by atomic mass is 9.99. The van der Waals surface area contributed by atoms with Crippen LogP contribution in [0.2, 0.25) is 0 Å². The molecule has 0 unspecified atom stereocenters. The van der Waals surface area contributed by atoms with Crippen LogP contribution in [0.3, 0.4) is 0 Å². The number of nitrogens with one attached hydrogen (secondary N) is 1. The molecule has 0 saturated carbocycles. The van der Waals surface area contributed by atoms with Gasteiger partial charge in [0, 0.05) is 31.0 Å². The molecular formula is C16H16N2O4S2. The zero-order valence-electron chi connectivity index (χ0n) is 13.2. The molecule has 2 heterocycles. The number of aryl methyl sites for hydroxylation is 1. The van der Waals surface area contributed by atoms with Crippen molar-refractivity contribution in [1.29, 1.82) is 0 Å². The highest BCUT2D eigenvalue weighted by molar-refractivity contribution is 7.91. The first kappa shape index (κ1) is 16.7. The van der Waals surface area contributed by atoms with Crippen LogP contribution in [0.5, 0.6) is 0 Å². The fourth-order valence-electron chi connectivity index (χ4n) is 2.65. The number of hydrogen-bond donors (Lipinski definition) is 1. The van der Waals surface area contributed by atoms with Crippen LogP contribution in [0.1, 0.15) is 22.3 Å². The van der Waals surface area contributed by atoms with Crippen LogP contribution in [-0.4, -0.2) is 33.5 Å². The van der Waals surface area contributed by atoms with Crippen molar-refractivity contribution in [2.75, 3.05) is 23.5 Å². The van der Waals surface area contributed by atoms with E-state index in [1.165, 1.54) is 6.07 Å². The quantitative estimate of drug-likeness (QED) is 0.906. The second-order valence-corrected chi connectivity index (χ2v) is 8.54. The van der Waals surface area contributed by atoms with Gasteiger partial charge < -0.3 is 10.2 Å². The average molecular weight is 364 g/mol. The van der Waals surface area contributed by atoms with E-state index in [2.05, 4.69) is 5.32 Å². The molecule has 1 aliphatic heterocycles. The third-order valence-corrected chi connectivity index (χ3v) is 6.04. The number of benzene rings is 1. The van der Waals surface area contributed by atoms with Gasteiger partial charge in [0.25, 0.3) is 5.91 Å². The number of fused-ring (bicyclic) bond motifs is 1. The molecule has 0 spiro atoms. The number of rotatable bonds is 3. The third kappa shape index (κ3) is 3.07. The Morgan fingerprint density at radius 1 is 1.25 bits per heavy atom. The predicted octanol–water partition coefficient (Wildman–Crippen LogP) is 2.31. The van der Waals surface area contributed by atoms with Crippen molar-refractivity contribution >= 4 is 43.7 Å². The van der Waals surface area contributed by atoms with Gasteiger partial charge in [-0.2, -0.15) is 0 Å². The van der Waals surface area contributed by atoms with Crippen LogP contribution < -0.4 is 10.2 Å². The summed E-state index contributed by atoms with van der Waals surface area (Å²) < 4.78 is 23.4. The number of anilines is 2. The molecule has 6 nitrogen and oxygen atoms in total. The highest BCUT2D eigenvalue weighted by Gasteiger charge is 2.22. The first-order valence-electron chi connectivity index (χ1n) is 7.26. The lowest BCUT2D eigenvalue weighted by Crippen LogP contribution is -2.31. The van der Waals surface area contributed by atoms with Crippen molar-refractivity contribution in [2.45, 2.75) is 17.7 Å². The van der Waals surface area contributed by atoms with Crippen LogP contribution in [0.25, 0.3) is 0 Å². The van der Waals surface area contributed by atoms with Gasteiger partial charge in [-0.15, -0.1) is 11.3 Å². The molecule has 3 rings (SSSR count). The fourth-order valence-corrected chi connectivity index (χ4v) is 4.72. The van der Waals surface area contributed by atoms with E-state index in [4.69, 9.17) is 0 Å². The number of carbonyl (C=O) groups excluding carboxylic acids is 2. The van der Waals surface area contributed by atoms with Crippen LogP contribution in [-0.2, 0) is 21.1 Å². The molecule has 2 aromatic rings. The number of hydrogen-bond acceptors (Lipinski definition) is 5. The van der Waals surface area contributed by atoms with Crippen LogP contribution in [0.4, 0.5) is 10.7 Å². The molecular weight excluding hydrogens is 348 g/mol. The molecule has 2 amide bonds. The summed E-state index contributed by atoms with van der Waals surface area (Å²) in [6.07, 6.45) is 2.11. The van der Waals surface area contributed by atoms with E-state index in [9.17, 15) is 18.0 Å². The van der Waals surface area contributed by atoms with Gasteiger partial charge in [-0.1, -0.05) is 0 Å². The van der Waals surface area contributed by atoms with E-state index in [-0.39, 0.29) is 16.7 Å². The topological polar surface area (TPSA) is 83.6 Å². The second-order valence-electron chi connectivity index (χ2n) is 5.64. The van der Waals surface area contributed by atoms with E-state index in [1.54, 1.807) is 35.5 Å². The summed E-state index contributed by atoms with van der Waals surface area (Å²) in [4.78, 5) is 25.9. The maximum absolute atomic E-state index is 12.4. The zero-order valence-corrected chi connectivity index (χ0v) is 14.8. The van der Waals surface area contributed by atoms with Gasteiger partial charge in [-0.3, -0.25) is 9.59 Å². The smallest absolute Gasteiger partial charge is 0.256 e. The predicted molar refractivity (Wildman–Crippen MR) is 93.6 cm³/mol. The summed E-state index contributed by atoms with van der Waals surface area (Å²) in [5.74, 6) is -0.319. The first-order valence-corrected chi connectivity index (χ1v) is 10.0. The molecule has 0 aliphatic carbocycles. The number of nitrogens with zero attached hydrogens (tertiary/aromatic N) is 1. The van der Waals surface area contributed by atoms with Crippen LogP contribution in [0, 0.1) is 0 Å². The Kier molecular flexibility index (Phi) is 4.18. The number of sulfone groups is 1. The summed E-state index contributed by atoms with van der Waals surface area (Å²) in [6.45, 7) is 0. The monoisotopic (exact) mass is 364 g/mol. The van der Waals surface area contributed by atoms with E-state index in [1.807, 2.05) is 0 Å². The van der Waals surface area contributed by atoms with Gasteiger partial charge >= 0.3 is 0 Å². The minimum atomic E-state index is -3.39. The molecule has 1 aromatic heterocycles. The van der Waals surface area contributed by atoms with Gasteiger partial charge in [0.05, 0.1) is 0 Å². The summed E-state index contributed by atoms with van der Waals surface area (Å²) in [7, 11) is -1.68.